The second-order valence-corrected chi connectivity index (χ2v) is 3.71. The Morgan fingerprint density at radius 1 is 1.39 bits per heavy atom. The summed E-state index contributed by atoms with van der Waals surface area (Å²) < 4.78 is 17.4. The van der Waals surface area contributed by atoms with Gasteiger partial charge in [0.05, 0.1) is 0 Å². The summed E-state index contributed by atoms with van der Waals surface area (Å²) in [6.45, 7) is 0.396. The van der Waals surface area contributed by atoms with Gasteiger partial charge in [-0.05, 0) is 19.1 Å². The number of alkyl halides is 1. The minimum Gasteiger partial charge on any atom is -0.484 e. The molecule has 1 aromatic carbocycles. The van der Waals surface area contributed by atoms with Crippen LogP contribution in [0.15, 0.2) is 24.3 Å². The van der Waals surface area contributed by atoms with Crippen molar-refractivity contribution in [3.63, 3.8) is 0 Å². The summed E-state index contributed by atoms with van der Waals surface area (Å²) in [4.78, 5) is 21.8. The zero-order valence-corrected chi connectivity index (χ0v) is 9.85. The van der Waals surface area contributed by atoms with Gasteiger partial charge in [-0.2, -0.15) is 0 Å². The number of nitrogens with one attached hydrogen (secondary N) is 1. The van der Waals surface area contributed by atoms with Crippen molar-refractivity contribution < 1.29 is 23.8 Å². The van der Waals surface area contributed by atoms with Crippen LogP contribution >= 0.6 is 0 Å². The van der Waals surface area contributed by atoms with Gasteiger partial charge >= 0.3 is 5.97 Å². The molecule has 0 radical (unpaired) electrons. The molecule has 1 atom stereocenters. The van der Waals surface area contributed by atoms with Crippen LogP contribution in [0, 0.1) is 6.92 Å². The molecule has 0 aliphatic heterocycles. The Hall–Kier alpha value is -2.11. The lowest BCUT2D eigenvalue weighted by Gasteiger charge is -2.11. The standard InChI is InChI=1S/C12H14FNO4/c1-8-2-4-9(5-3-8)18-7-11(15)14-10(6-13)12(16)17/h2-5,10H,6-7H2,1H3,(H,14,15)(H,16,17). The van der Waals surface area contributed by atoms with E-state index >= 15 is 0 Å². The molecule has 1 rings (SSSR count). The number of aliphatic carboxylic acids is 1. The van der Waals surface area contributed by atoms with E-state index in [9.17, 15) is 14.0 Å². The molecule has 18 heavy (non-hydrogen) atoms. The third-order valence-corrected chi connectivity index (χ3v) is 2.18. The van der Waals surface area contributed by atoms with E-state index < -0.39 is 24.6 Å². The van der Waals surface area contributed by atoms with Crippen LogP contribution in [0.5, 0.6) is 5.75 Å². The van der Waals surface area contributed by atoms with Crippen molar-refractivity contribution >= 4 is 11.9 Å². The molecule has 5 nitrogen and oxygen atoms in total. The molecule has 2 N–H and O–H groups in total. The molecule has 6 heteroatoms. The molecule has 0 saturated carbocycles. The van der Waals surface area contributed by atoms with Crippen molar-refractivity contribution in [3.05, 3.63) is 29.8 Å². The number of ether oxygens (including phenoxy) is 1. The quantitative estimate of drug-likeness (QED) is 0.792. The largest absolute Gasteiger partial charge is 0.484 e. The van der Waals surface area contributed by atoms with Crippen molar-refractivity contribution in [1.82, 2.24) is 5.32 Å². The molecule has 1 unspecified atom stereocenters. The van der Waals surface area contributed by atoms with Crippen LogP contribution in [0.3, 0.4) is 0 Å². The van der Waals surface area contributed by atoms with E-state index in [2.05, 4.69) is 0 Å². The fourth-order valence-electron chi connectivity index (χ4n) is 1.19. The highest BCUT2D eigenvalue weighted by Crippen LogP contribution is 2.10. The molecular weight excluding hydrogens is 241 g/mol. The maximum Gasteiger partial charge on any atom is 0.328 e. The van der Waals surface area contributed by atoms with E-state index in [1.165, 1.54) is 0 Å². The van der Waals surface area contributed by atoms with Gasteiger partial charge in [0.2, 0.25) is 0 Å². The minimum absolute atomic E-state index is 0.354. The third-order valence-electron chi connectivity index (χ3n) is 2.18. The Morgan fingerprint density at radius 2 is 2.00 bits per heavy atom. The highest BCUT2D eigenvalue weighted by molar-refractivity contribution is 5.84. The van der Waals surface area contributed by atoms with E-state index in [4.69, 9.17) is 9.84 Å². The Bertz CT molecular complexity index is 419. The first-order valence-electron chi connectivity index (χ1n) is 5.30. The molecular formula is C12H14FNO4. The van der Waals surface area contributed by atoms with E-state index in [-0.39, 0.29) is 6.61 Å². The second-order valence-electron chi connectivity index (χ2n) is 3.71. The SMILES string of the molecule is Cc1ccc(OCC(=O)NC(CF)C(=O)O)cc1. The van der Waals surface area contributed by atoms with Crippen LogP contribution in [0.25, 0.3) is 0 Å². The Kier molecular flexibility index (Phi) is 5.10. The maximum atomic E-state index is 12.2. The molecule has 1 aromatic rings. The lowest BCUT2D eigenvalue weighted by atomic mass is 10.2. The highest BCUT2D eigenvalue weighted by atomic mass is 19.1. The van der Waals surface area contributed by atoms with Crippen LogP contribution < -0.4 is 10.1 Å². The van der Waals surface area contributed by atoms with Crippen LogP contribution in [0.4, 0.5) is 4.39 Å². The molecule has 0 fully saturated rings. The van der Waals surface area contributed by atoms with Gasteiger partial charge in [-0.25, -0.2) is 9.18 Å². The summed E-state index contributed by atoms with van der Waals surface area (Å²) >= 11 is 0. The smallest absolute Gasteiger partial charge is 0.328 e. The predicted octanol–water partition coefficient (Wildman–Crippen LogP) is 0.913. The average molecular weight is 255 g/mol. The van der Waals surface area contributed by atoms with E-state index in [1.54, 1.807) is 12.1 Å². The zero-order valence-electron chi connectivity index (χ0n) is 9.85. The molecule has 0 aliphatic rings. The van der Waals surface area contributed by atoms with E-state index in [0.29, 0.717) is 5.75 Å². The lowest BCUT2D eigenvalue weighted by Crippen LogP contribution is -2.44. The summed E-state index contributed by atoms with van der Waals surface area (Å²) in [5.74, 6) is -1.61. The van der Waals surface area contributed by atoms with Gasteiger partial charge in [0.1, 0.15) is 12.4 Å². The highest BCUT2D eigenvalue weighted by Gasteiger charge is 2.19. The fourth-order valence-corrected chi connectivity index (χ4v) is 1.19. The molecule has 0 aromatic heterocycles. The maximum absolute atomic E-state index is 12.2. The van der Waals surface area contributed by atoms with Crippen molar-refractivity contribution in [3.8, 4) is 5.75 Å². The summed E-state index contributed by atoms with van der Waals surface area (Å²) in [7, 11) is 0. The first-order valence-corrected chi connectivity index (χ1v) is 5.30. The number of carboxylic acids is 1. The summed E-state index contributed by atoms with van der Waals surface area (Å²) in [6, 6.07) is 5.47. The zero-order chi connectivity index (χ0) is 13.5. The van der Waals surface area contributed by atoms with Crippen LogP contribution in [-0.4, -0.2) is 36.3 Å². The average Bonchev–Trinajstić information content (AvgIpc) is 2.35. The number of amides is 1. The summed E-state index contributed by atoms with van der Waals surface area (Å²) in [5, 5.41) is 10.6. The van der Waals surface area contributed by atoms with Crippen molar-refractivity contribution in [2.45, 2.75) is 13.0 Å². The third kappa shape index (κ3) is 4.40. The summed E-state index contributed by atoms with van der Waals surface area (Å²) in [5.41, 5.74) is 1.05. The van der Waals surface area contributed by atoms with E-state index in [1.807, 2.05) is 24.4 Å². The summed E-state index contributed by atoms with van der Waals surface area (Å²) in [6.07, 6.45) is 0. The van der Waals surface area contributed by atoms with Crippen LogP contribution in [-0.2, 0) is 9.59 Å². The van der Waals surface area contributed by atoms with Gasteiger partial charge in [-0.15, -0.1) is 0 Å². The van der Waals surface area contributed by atoms with Gasteiger partial charge in [0.25, 0.3) is 5.91 Å². The monoisotopic (exact) mass is 255 g/mol. The number of hydrogen-bond acceptors (Lipinski definition) is 3. The number of carboxylic acid groups (broad SMARTS) is 1. The Morgan fingerprint density at radius 3 is 2.50 bits per heavy atom. The first kappa shape index (κ1) is 14.0. The molecule has 0 spiro atoms. The topological polar surface area (TPSA) is 75.6 Å². The Balaban J connectivity index is 2.41. The number of carbonyl (C=O) groups excluding carboxylic acids is 1. The molecule has 0 bridgehead atoms. The van der Waals surface area contributed by atoms with Crippen LogP contribution in [0.1, 0.15) is 5.56 Å². The van der Waals surface area contributed by atoms with Gasteiger partial charge in [-0.3, -0.25) is 4.79 Å². The van der Waals surface area contributed by atoms with Crippen molar-refractivity contribution in [1.29, 1.82) is 0 Å². The van der Waals surface area contributed by atoms with Crippen molar-refractivity contribution in [2.75, 3.05) is 13.3 Å². The fraction of sp³-hybridized carbons (Fsp3) is 0.333. The number of rotatable bonds is 6. The molecule has 0 heterocycles. The normalized spacial score (nSPS) is 11.7. The minimum atomic E-state index is -1.53. The van der Waals surface area contributed by atoms with Gasteiger partial charge in [-0.1, -0.05) is 17.7 Å². The van der Waals surface area contributed by atoms with Gasteiger partial charge < -0.3 is 15.2 Å². The number of aryl methyl sites for hydroxylation is 1. The second kappa shape index (κ2) is 6.58. The molecule has 1 amide bonds. The van der Waals surface area contributed by atoms with Crippen LogP contribution in [0.2, 0.25) is 0 Å². The van der Waals surface area contributed by atoms with Gasteiger partial charge in [0, 0.05) is 0 Å². The number of hydrogen-bond donors (Lipinski definition) is 2. The molecule has 0 aliphatic carbocycles. The van der Waals surface area contributed by atoms with Gasteiger partial charge in [0.15, 0.2) is 12.6 Å². The van der Waals surface area contributed by atoms with E-state index in [0.717, 1.165) is 5.56 Å². The number of halogens is 1. The number of benzene rings is 1. The lowest BCUT2D eigenvalue weighted by molar-refractivity contribution is -0.142. The van der Waals surface area contributed by atoms with Crippen molar-refractivity contribution in [2.24, 2.45) is 0 Å². The molecule has 0 saturated heterocycles. The Labute approximate surface area is 104 Å². The number of carbonyl (C=O) groups is 2. The molecule has 98 valence electrons. The first-order chi connectivity index (χ1) is 8.52. The predicted molar refractivity (Wildman–Crippen MR) is 62.2 cm³/mol.